The molecule has 6 heteroatoms. The van der Waals surface area contributed by atoms with Crippen LogP contribution in [-0.4, -0.2) is 24.0 Å². The largest absolute Gasteiger partial charge is 0.354 e. The van der Waals surface area contributed by atoms with Gasteiger partial charge in [-0.2, -0.15) is 0 Å². The molecular weight excluding hydrogens is 419 g/mol. The standard InChI is InChI=1S/C17H24N4S.HI/c1-5-12(2)20-17(18-4)19-11-15-13(3)21-16(22-15)14-9-7-6-8-10-14;/h6-10,12H,5,11H2,1-4H3,(H2,18,19,20);1H. The van der Waals surface area contributed by atoms with Gasteiger partial charge >= 0.3 is 0 Å². The summed E-state index contributed by atoms with van der Waals surface area (Å²) in [7, 11) is 1.80. The molecule has 0 bridgehead atoms. The molecule has 1 unspecified atom stereocenters. The van der Waals surface area contributed by atoms with Crippen molar-refractivity contribution < 1.29 is 0 Å². The van der Waals surface area contributed by atoms with Gasteiger partial charge in [0.15, 0.2) is 5.96 Å². The van der Waals surface area contributed by atoms with Crippen molar-refractivity contribution in [1.82, 2.24) is 15.6 Å². The lowest BCUT2D eigenvalue weighted by atomic mass is 10.2. The van der Waals surface area contributed by atoms with E-state index in [9.17, 15) is 0 Å². The predicted molar refractivity (Wildman–Crippen MR) is 111 cm³/mol. The van der Waals surface area contributed by atoms with E-state index < -0.39 is 0 Å². The summed E-state index contributed by atoms with van der Waals surface area (Å²) in [6.45, 7) is 7.11. The average molecular weight is 444 g/mol. The van der Waals surface area contributed by atoms with Gasteiger partial charge in [-0.1, -0.05) is 37.3 Å². The van der Waals surface area contributed by atoms with Crippen molar-refractivity contribution in [2.45, 2.75) is 39.8 Å². The van der Waals surface area contributed by atoms with Crippen LogP contribution < -0.4 is 10.6 Å². The lowest BCUT2D eigenvalue weighted by molar-refractivity contribution is 0.624. The summed E-state index contributed by atoms with van der Waals surface area (Å²) in [5, 5.41) is 7.80. The number of aryl methyl sites for hydroxylation is 1. The number of benzene rings is 1. The van der Waals surface area contributed by atoms with Crippen LogP contribution in [0.4, 0.5) is 0 Å². The number of hydrogen-bond donors (Lipinski definition) is 2. The fourth-order valence-corrected chi connectivity index (χ4v) is 3.00. The summed E-state index contributed by atoms with van der Waals surface area (Å²) in [4.78, 5) is 10.2. The van der Waals surface area contributed by atoms with Gasteiger partial charge in [-0.3, -0.25) is 4.99 Å². The quantitative estimate of drug-likeness (QED) is 0.413. The zero-order valence-electron chi connectivity index (χ0n) is 14.1. The van der Waals surface area contributed by atoms with Crippen molar-refractivity contribution in [3.63, 3.8) is 0 Å². The van der Waals surface area contributed by atoms with Crippen molar-refractivity contribution in [2.24, 2.45) is 4.99 Å². The zero-order valence-corrected chi connectivity index (χ0v) is 17.2. The number of nitrogens with zero attached hydrogens (tertiary/aromatic N) is 2. The lowest BCUT2D eigenvalue weighted by Gasteiger charge is -2.16. The summed E-state index contributed by atoms with van der Waals surface area (Å²) in [5.41, 5.74) is 2.25. The summed E-state index contributed by atoms with van der Waals surface area (Å²) < 4.78 is 0. The molecule has 0 amide bonds. The molecule has 0 fully saturated rings. The van der Waals surface area contributed by atoms with Crippen LogP contribution in [0.3, 0.4) is 0 Å². The minimum Gasteiger partial charge on any atom is -0.354 e. The second-order valence-electron chi connectivity index (χ2n) is 5.27. The summed E-state index contributed by atoms with van der Waals surface area (Å²) in [6.07, 6.45) is 1.07. The highest BCUT2D eigenvalue weighted by Gasteiger charge is 2.10. The number of aromatic nitrogens is 1. The molecule has 1 heterocycles. The molecule has 23 heavy (non-hydrogen) atoms. The molecule has 2 rings (SSSR count). The Morgan fingerprint density at radius 3 is 2.61 bits per heavy atom. The van der Waals surface area contributed by atoms with E-state index in [1.165, 1.54) is 10.4 Å². The first-order valence-corrected chi connectivity index (χ1v) is 8.44. The normalized spacial score (nSPS) is 12.4. The van der Waals surface area contributed by atoms with Crippen molar-refractivity contribution in [2.75, 3.05) is 7.05 Å². The number of hydrogen-bond acceptors (Lipinski definition) is 3. The minimum atomic E-state index is 0. The Bertz CT molecular complexity index is 625. The van der Waals surface area contributed by atoms with Gasteiger partial charge in [0, 0.05) is 23.5 Å². The van der Waals surface area contributed by atoms with Gasteiger partial charge in [0.2, 0.25) is 0 Å². The highest BCUT2D eigenvalue weighted by molar-refractivity contribution is 14.0. The Kier molecular flexibility index (Phi) is 8.54. The van der Waals surface area contributed by atoms with Crippen molar-refractivity contribution in [3.05, 3.63) is 40.9 Å². The molecule has 0 aliphatic heterocycles. The third kappa shape index (κ3) is 5.76. The third-order valence-electron chi connectivity index (χ3n) is 3.55. The number of halogens is 1. The molecular formula is C17H25IN4S. The van der Waals surface area contributed by atoms with Gasteiger partial charge in [-0.15, -0.1) is 35.3 Å². The van der Waals surface area contributed by atoms with Crippen LogP contribution in [0.2, 0.25) is 0 Å². The van der Waals surface area contributed by atoms with Gasteiger partial charge < -0.3 is 10.6 Å². The van der Waals surface area contributed by atoms with Gasteiger partial charge in [-0.25, -0.2) is 4.98 Å². The molecule has 1 atom stereocenters. The highest BCUT2D eigenvalue weighted by atomic mass is 127. The highest BCUT2D eigenvalue weighted by Crippen LogP contribution is 2.27. The van der Waals surface area contributed by atoms with E-state index in [-0.39, 0.29) is 24.0 Å². The Morgan fingerprint density at radius 1 is 1.30 bits per heavy atom. The fraction of sp³-hybridized carbons (Fsp3) is 0.412. The predicted octanol–water partition coefficient (Wildman–Crippen LogP) is 4.20. The summed E-state index contributed by atoms with van der Waals surface area (Å²) in [5.74, 6) is 0.836. The zero-order chi connectivity index (χ0) is 15.9. The Hall–Kier alpha value is -1.15. The Labute approximate surface area is 159 Å². The van der Waals surface area contributed by atoms with Gasteiger partial charge in [0.1, 0.15) is 5.01 Å². The molecule has 0 radical (unpaired) electrons. The van der Waals surface area contributed by atoms with E-state index in [2.05, 4.69) is 53.5 Å². The maximum atomic E-state index is 4.68. The van der Waals surface area contributed by atoms with E-state index in [1.807, 2.05) is 18.2 Å². The second kappa shape index (κ2) is 9.87. The molecule has 0 aliphatic carbocycles. The van der Waals surface area contributed by atoms with Crippen molar-refractivity contribution in [1.29, 1.82) is 0 Å². The van der Waals surface area contributed by atoms with Crippen LogP contribution in [-0.2, 0) is 6.54 Å². The van der Waals surface area contributed by atoms with E-state index >= 15 is 0 Å². The van der Waals surface area contributed by atoms with Gasteiger partial charge in [0.05, 0.1) is 12.2 Å². The molecule has 1 aromatic heterocycles. The maximum absolute atomic E-state index is 4.68. The van der Waals surface area contributed by atoms with Crippen LogP contribution in [0.15, 0.2) is 35.3 Å². The van der Waals surface area contributed by atoms with Crippen LogP contribution in [0.5, 0.6) is 0 Å². The smallest absolute Gasteiger partial charge is 0.191 e. The average Bonchev–Trinajstić information content (AvgIpc) is 2.93. The molecule has 2 aromatic rings. The Morgan fingerprint density at radius 2 is 2.00 bits per heavy atom. The van der Waals surface area contributed by atoms with E-state index in [0.717, 1.165) is 29.6 Å². The van der Waals surface area contributed by atoms with Crippen LogP contribution in [0.25, 0.3) is 10.6 Å². The number of aliphatic imine (C=N–C) groups is 1. The minimum absolute atomic E-state index is 0. The lowest BCUT2D eigenvalue weighted by Crippen LogP contribution is -2.41. The van der Waals surface area contributed by atoms with E-state index in [1.54, 1.807) is 18.4 Å². The fourth-order valence-electron chi connectivity index (χ4n) is 1.99. The topological polar surface area (TPSA) is 49.3 Å². The monoisotopic (exact) mass is 444 g/mol. The molecule has 0 saturated heterocycles. The van der Waals surface area contributed by atoms with Crippen LogP contribution in [0.1, 0.15) is 30.8 Å². The molecule has 0 aliphatic rings. The first kappa shape index (κ1) is 19.9. The number of guanidine groups is 1. The second-order valence-corrected chi connectivity index (χ2v) is 6.36. The first-order chi connectivity index (χ1) is 10.6. The van der Waals surface area contributed by atoms with Crippen LogP contribution in [0, 0.1) is 6.92 Å². The molecule has 0 spiro atoms. The van der Waals surface area contributed by atoms with Gasteiger partial charge in [-0.05, 0) is 20.3 Å². The first-order valence-electron chi connectivity index (χ1n) is 7.63. The van der Waals surface area contributed by atoms with E-state index in [4.69, 9.17) is 0 Å². The number of nitrogens with one attached hydrogen (secondary N) is 2. The maximum Gasteiger partial charge on any atom is 0.191 e. The van der Waals surface area contributed by atoms with Gasteiger partial charge in [0.25, 0.3) is 0 Å². The summed E-state index contributed by atoms with van der Waals surface area (Å²) >= 11 is 1.73. The van der Waals surface area contributed by atoms with Crippen molar-refractivity contribution in [3.8, 4) is 10.6 Å². The Balaban J connectivity index is 0.00000264. The SMILES string of the molecule is CCC(C)NC(=NC)NCc1sc(-c2ccccc2)nc1C.I. The summed E-state index contributed by atoms with van der Waals surface area (Å²) in [6, 6.07) is 10.7. The van der Waals surface area contributed by atoms with E-state index in [0.29, 0.717) is 6.04 Å². The molecule has 2 N–H and O–H groups in total. The molecule has 0 saturated carbocycles. The van der Waals surface area contributed by atoms with Crippen LogP contribution >= 0.6 is 35.3 Å². The molecule has 126 valence electrons. The third-order valence-corrected chi connectivity index (χ3v) is 4.76. The molecule has 4 nitrogen and oxygen atoms in total. The number of rotatable bonds is 5. The van der Waals surface area contributed by atoms with Crippen molar-refractivity contribution >= 4 is 41.3 Å². The molecule has 1 aromatic carbocycles. The number of thiazole rings is 1.